The Morgan fingerprint density at radius 2 is 2.00 bits per heavy atom. The first kappa shape index (κ1) is 10.4. The van der Waals surface area contributed by atoms with Crippen molar-refractivity contribution >= 4 is 11.8 Å². The van der Waals surface area contributed by atoms with Crippen LogP contribution in [0.5, 0.6) is 0 Å². The van der Waals surface area contributed by atoms with Gasteiger partial charge in [0.05, 0.1) is 0 Å². The molecule has 2 fully saturated rings. The van der Waals surface area contributed by atoms with Crippen molar-refractivity contribution in [1.29, 1.82) is 0 Å². The summed E-state index contributed by atoms with van der Waals surface area (Å²) in [4.78, 5) is 26.0. The van der Waals surface area contributed by atoms with E-state index in [-0.39, 0.29) is 6.04 Å². The molecule has 1 aliphatic carbocycles. The maximum atomic E-state index is 11.6. The third-order valence-electron chi connectivity index (χ3n) is 3.18. The maximum absolute atomic E-state index is 11.6. The molecular weight excluding hydrogens is 194 g/mol. The monoisotopic (exact) mass is 211 g/mol. The smallest absolute Gasteiger partial charge is 0.312 e. The van der Waals surface area contributed by atoms with E-state index in [1.165, 1.54) is 4.90 Å². The highest BCUT2D eigenvalue weighted by atomic mass is 16.2. The summed E-state index contributed by atoms with van der Waals surface area (Å²) in [6, 6.07) is 0.0464. The minimum atomic E-state index is -0.413. The maximum Gasteiger partial charge on any atom is 0.312 e. The quantitative estimate of drug-likeness (QED) is 0.610. The molecule has 0 aromatic heterocycles. The van der Waals surface area contributed by atoms with Crippen LogP contribution in [0, 0.1) is 5.92 Å². The second kappa shape index (κ2) is 3.81. The molecule has 0 bridgehead atoms. The largest absolute Gasteiger partial charge is 0.336 e. The Labute approximate surface area is 89.2 Å². The van der Waals surface area contributed by atoms with E-state index in [0.29, 0.717) is 25.6 Å². The molecule has 1 saturated heterocycles. The van der Waals surface area contributed by atoms with E-state index in [2.05, 4.69) is 0 Å². The van der Waals surface area contributed by atoms with Crippen LogP contribution in [0.1, 0.15) is 12.8 Å². The average molecular weight is 211 g/mol. The third-order valence-corrected chi connectivity index (χ3v) is 3.18. The topological polar surface area (TPSA) is 66.6 Å². The fraction of sp³-hybridized carbons (Fsp3) is 0.800. The Hall–Kier alpha value is -1.10. The van der Waals surface area contributed by atoms with Gasteiger partial charge >= 0.3 is 11.8 Å². The van der Waals surface area contributed by atoms with Crippen LogP contribution in [0.4, 0.5) is 0 Å². The number of amides is 2. The summed E-state index contributed by atoms with van der Waals surface area (Å²) in [7, 11) is 1.65. The van der Waals surface area contributed by atoms with E-state index < -0.39 is 11.8 Å². The summed E-state index contributed by atoms with van der Waals surface area (Å²) in [5.41, 5.74) is 5.93. The molecule has 0 spiro atoms. The van der Waals surface area contributed by atoms with Crippen LogP contribution in [-0.4, -0.2) is 54.3 Å². The molecule has 2 rings (SSSR count). The van der Waals surface area contributed by atoms with E-state index >= 15 is 0 Å². The molecule has 1 unspecified atom stereocenters. The number of rotatable bonds is 3. The second-order valence-corrected chi connectivity index (χ2v) is 4.48. The molecule has 2 N–H and O–H groups in total. The van der Waals surface area contributed by atoms with Crippen molar-refractivity contribution < 1.29 is 9.59 Å². The summed E-state index contributed by atoms with van der Waals surface area (Å²) in [6.45, 7) is 1.76. The lowest BCUT2D eigenvalue weighted by Gasteiger charge is -2.33. The molecule has 0 aromatic rings. The highest BCUT2D eigenvalue weighted by Crippen LogP contribution is 2.31. The number of likely N-dealkylation sites (N-methyl/N-ethyl adjacent to an activating group) is 1. The van der Waals surface area contributed by atoms with E-state index in [1.807, 2.05) is 0 Å². The van der Waals surface area contributed by atoms with Gasteiger partial charge in [-0.1, -0.05) is 0 Å². The first-order valence-electron chi connectivity index (χ1n) is 5.39. The van der Waals surface area contributed by atoms with Gasteiger partial charge in [-0.3, -0.25) is 9.59 Å². The summed E-state index contributed by atoms with van der Waals surface area (Å²) in [6.07, 6.45) is 2.33. The molecule has 84 valence electrons. The van der Waals surface area contributed by atoms with Gasteiger partial charge in [-0.2, -0.15) is 0 Å². The first-order chi connectivity index (χ1) is 7.09. The number of carbonyl (C=O) groups is 2. The number of nitrogens with two attached hydrogens (primary N) is 1. The van der Waals surface area contributed by atoms with E-state index in [4.69, 9.17) is 5.73 Å². The van der Waals surface area contributed by atoms with E-state index in [9.17, 15) is 9.59 Å². The average Bonchev–Trinajstić information content (AvgIpc) is 3.02. The van der Waals surface area contributed by atoms with E-state index in [0.717, 1.165) is 12.8 Å². The summed E-state index contributed by atoms with van der Waals surface area (Å²) in [5, 5.41) is 0. The Kier molecular flexibility index (Phi) is 2.65. The van der Waals surface area contributed by atoms with Gasteiger partial charge in [0.25, 0.3) is 0 Å². The third kappa shape index (κ3) is 2.12. The van der Waals surface area contributed by atoms with Crippen molar-refractivity contribution in [2.24, 2.45) is 11.7 Å². The minimum Gasteiger partial charge on any atom is -0.336 e. The normalized spacial score (nSPS) is 24.7. The molecule has 2 aliphatic rings. The molecule has 5 nitrogen and oxygen atoms in total. The number of carbonyl (C=O) groups excluding carboxylic acids is 2. The summed E-state index contributed by atoms with van der Waals surface area (Å²) >= 11 is 0. The lowest BCUT2D eigenvalue weighted by atomic mass is 10.1. The standard InChI is InChI=1S/C10H17N3O2/c1-12-4-5-13(10(15)9(12)14)6-8(11)7-2-3-7/h7-8H,2-6,11H2,1H3. The van der Waals surface area contributed by atoms with Crippen LogP contribution >= 0.6 is 0 Å². The summed E-state index contributed by atoms with van der Waals surface area (Å²) in [5.74, 6) is -0.253. The molecule has 2 amide bonds. The van der Waals surface area contributed by atoms with Crippen LogP contribution < -0.4 is 5.73 Å². The van der Waals surface area contributed by atoms with E-state index in [1.54, 1.807) is 11.9 Å². The van der Waals surface area contributed by atoms with Crippen LogP contribution in [-0.2, 0) is 9.59 Å². The van der Waals surface area contributed by atoms with Gasteiger partial charge in [0, 0.05) is 32.7 Å². The lowest BCUT2D eigenvalue weighted by Crippen LogP contribution is -2.55. The lowest BCUT2D eigenvalue weighted by molar-refractivity contribution is -0.155. The Bertz CT molecular complexity index is 288. The Morgan fingerprint density at radius 3 is 2.60 bits per heavy atom. The molecule has 0 aromatic carbocycles. The highest BCUT2D eigenvalue weighted by Gasteiger charge is 2.35. The highest BCUT2D eigenvalue weighted by molar-refractivity contribution is 6.35. The van der Waals surface area contributed by atoms with Gasteiger partial charge in [-0.25, -0.2) is 0 Å². The van der Waals surface area contributed by atoms with Crippen molar-refractivity contribution in [3.05, 3.63) is 0 Å². The molecular formula is C10H17N3O2. The van der Waals surface area contributed by atoms with Crippen molar-refractivity contribution in [2.75, 3.05) is 26.7 Å². The molecule has 15 heavy (non-hydrogen) atoms. The van der Waals surface area contributed by atoms with Crippen LogP contribution in [0.25, 0.3) is 0 Å². The fourth-order valence-electron chi connectivity index (χ4n) is 1.87. The first-order valence-corrected chi connectivity index (χ1v) is 5.39. The predicted octanol–water partition coefficient (Wildman–Crippen LogP) is -0.976. The van der Waals surface area contributed by atoms with Gasteiger partial charge < -0.3 is 15.5 Å². The Morgan fingerprint density at radius 1 is 1.33 bits per heavy atom. The predicted molar refractivity (Wildman–Crippen MR) is 54.9 cm³/mol. The molecule has 1 aliphatic heterocycles. The summed E-state index contributed by atoms with van der Waals surface area (Å²) < 4.78 is 0. The van der Waals surface area contributed by atoms with Crippen LogP contribution in [0.2, 0.25) is 0 Å². The number of nitrogens with zero attached hydrogens (tertiary/aromatic N) is 2. The molecule has 1 atom stereocenters. The number of hydrogen-bond donors (Lipinski definition) is 1. The van der Waals surface area contributed by atoms with Crippen molar-refractivity contribution in [3.8, 4) is 0 Å². The van der Waals surface area contributed by atoms with Crippen molar-refractivity contribution in [1.82, 2.24) is 9.80 Å². The number of piperazine rings is 1. The molecule has 0 radical (unpaired) electrons. The minimum absolute atomic E-state index is 0.0464. The van der Waals surface area contributed by atoms with Gasteiger partial charge in [-0.05, 0) is 18.8 Å². The van der Waals surface area contributed by atoms with Gasteiger partial charge in [0.1, 0.15) is 0 Å². The number of hydrogen-bond acceptors (Lipinski definition) is 3. The zero-order valence-electron chi connectivity index (χ0n) is 8.98. The van der Waals surface area contributed by atoms with Crippen molar-refractivity contribution in [3.63, 3.8) is 0 Å². The fourth-order valence-corrected chi connectivity index (χ4v) is 1.87. The van der Waals surface area contributed by atoms with Gasteiger partial charge in [0.15, 0.2) is 0 Å². The van der Waals surface area contributed by atoms with Gasteiger partial charge in [-0.15, -0.1) is 0 Å². The molecule has 1 heterocycles. The zero-order valence-corrected chi connectivity index (χ0v) is 8.98. The van der Waals surface area contributed by atoms with Crippen molar-refractivity contribution in [2.45, 2.75) is 18.9 Å². The molecule has 1 saturated carbocycles. The zero-order chi connectivity index (χ0) is 11.0. The molecule has 5 heteroatoms. The van der Waals surface area contributed by atoms with Gasteiger partial charge in [0.2, 0.25) is 0 Å². The SMILES string of the molecule is CN1CCN(CC(N)C2CC2)C(=O)C1=O. The van der Waals surface area contributed by atoms with Crippen LogP contribution in [0.3, 0.4) is 0 Å². The Balaban J connectivity index is 1.91. The second-order valence-electron chi connectivity index (χ2n) is 4.48. The van der Waals surface area contributed by atoms with Crippen LogP contribution in [0.15, 0.2) is 0 Å².